The average Bonchev–Trinajstić information content (AvgIpc) is 2.59. The molecule has 0 aromatic carbocycles. The Kier molecular flexibility index (Phi) is 11.4. The summed E-state index contributed by atoms with van der Waals surface area (Å²) in [5.74, 6) is 0.383. The summed E-state index contributed by atoms with van der Waals surface area (Å²) in [7, 11) is 0. The van der Waals surface area contributed by atoms with Crippen molar-refractivity contribution >= 4 is 24.3 Å². The second kappa shape index (κ2) is 12.4. The van der Waals surface area contributed by atoms with Crippen molar-refractivity contribution in [2.75, 3.05) is 13.1 Å². The van der Waals surface area contributed by atoms with Crippen LogP contribution in [0.3, 0.4) is 0 Å². The van der Waals surface area contributed by atoms with Gasteiger partial charge in [-0.25, -0.2) is 0 Å². The summed E-state index contributed by atoms with van der Waals surface area (Å²) >= 11 is -2.33. The number of hydrogen-bond donors (Lipinski definition) is 0. The van der Waals surface area contributed by atoms with Crippen molar-refractivity contribution in [3.63, 3.8) is 0 Å². The van der Waals surface area contributed by atoms with Crippen LogP contribution < -0.4 is 0 Å². The molecule has 1 aliphatic rings. The first kappa shape index (κ1) is 22.1. The van der Waals surface area contributed by atoms with Crippen LogP contribution in [0.2, 0.25) is 13.3 Å². The van der Waals surface area contributed by atoms with Gasteiger partial charge in [-0.05, 0) is 0 Å². The van der Waals surface area contributed by atoms with Crippen molar-refractivity contribution in [2.45, 2.75) is 98.8 Å². The Morgan fingerprint density at radius 1 is 0.917 bits per heavy atom. The van der Waals surface area contributed by atoms with Crippen molar-refractivity contribution in [1.29, 1.82) is 0 Å². The summed E-state index contributed by atoms with van der Waals surface area (Å²) in [6, 6.07) is 0. The molecule has 0 unspecified atom stereocenters. The van der Waals surface area contributed by atoms with Crippen LogP contribution in [-0.2, 0) is 4.79 Å². The molecule has 1 saturated heterocycles. The molecule has 0 bridgehead atoms. The van der Waals surface area contributed by atoms with E-state index in [1.807, 2.05) is 0 Å². The Morgan fingerprint density at radius 3 is 1.92 bits per heavy atom. The topological polar surface area (TPSA) is 20.3 Å². The van der Waals surface area contributed by atoms with E-state index < -0.39 is 18.4 Å². The number of amides is 1. The third kappa shape index (κ3) is 7.09. The van der Waals surface area contributed by atoms with Crippen molar-refractivity contribution < 1.29 is 4.79 Å². The Hall–Kier alpha value is 0.00870. The fraction of sp³-hybridized carbons (Fsp3) is 0.857. The minimum atomic E-state index is -2.33. The molecule has 3 heteroatoms. The fourth-order valence-electron chi connectivity index (χ4n) is 4.04. The predicted molar refractivity (Wildman–Crippen MR) is 109 cm³/mol. The van der Waals surface area contributed by atoms with Gasteiger partial charge in [-0.15, -0.1) is 0 Å². The van der Waals surface area contributed by atoms with Gasteiger partial charge in [0.05, 0.1) is 0 Å². The monoisotopic (exact) mass is 443 g/mol. The van der Waals surface area contributed by atoms with Crippen molar-refractivity contribution in [3.05, 3.63) is 9.67 Å². The molecule has 0 aliphatic carbocycles. The van der Waals surface area contributed by atoms with Crippen LogP contribution >= 0.6 is 0 Å². The van der Waals surface area contributed by atoms with E-state index >= 15 is 0 Å². The van der Waals surface area contributed by atoms with E-state index in [-0.39, 0.29) is 0 Å². The second-order valence-corrected chi connectivity index (χ2v) is 20.6. The summed E-state index contributed by atoms with van der Waals surface area (Å²) < 4.78 is 7.07. The average molecular weight is 442 g/mol. The minimum absolute atomic E-state index is 0.383. The van der Waals surface area contributed by atoms with Crippen molar-refractivity contribution in [2.24, 2.45) is 0 Å². The van der Waals surface area contributed by atoms with E-state index in [0.29, 0.717) is 5.91 Å². The Labute approximate surface area is 155 Å². The van der Waals surface area contributed by atoms with Crippen LogP contribution in [0.4, 0.5) is 0 Å². The van der Waals surface area contributed by atoms with Gasteiger partial charge >= 0.3 is 156 Å². The summed E-state index contributed by atoms with van der Waals surface area (Å²) in [4.78, 5) is 15.0. The van der Waals surface area contributed by atoms with Crippen LogP contribution in [0.1, 0.15) is 85.5 Å². The van der Waals surface area contributed by atoms with Crippen LogP contribution in [0, 0.1) is 0 Å². The van der Waals surface area contributed by atoms with Gasteiger partial charge in [0.1, 0.15) is 0 Å². The zero-order valence-electron chi connectivity index (χ0n) is 16.8. The van der Waals surface area contributed by atoms with Crippen molar-refractivity contribution in [3.8, 4) is 0 Å². The number of nitrogens with zero attached hydrogens (tertiary/aromatic N) is 1. The van der Waals surface area contributed by atoms with Gasteiger partial charge in [-0.1, -0.05) is 0 Å². The summed E-state index contributed by atoms with van der Waals surface area (Å²) in [6.45, 7) is 11.1. The SMILES string of the molecule is CCC[CH2][Sn](/[CH]=C1/CCCN(CCC)C1=O)([CH2]CCC)[CH2]CCC. The molecule has 0 radical (unpaired) electrons. The maximum absolute atomic E-state index is 12.9. The number of rotatable bonds is 12. The molecular formula is C21H41NOSn. The molecule has 1 rings (SSSR count). The van der Waals surface area contributed by atoms with Crippen LogP contribution in [0.5, 0.6) is 0 Å². The molecule has 0 atom stereocenters. The molecule has 0 N–H and O–H groups in total. The quantitative estimate of drug-likeness (QED) is 0.255. The molecule has 24 heavy (non-hydrogen) atoms. The Balaban J connectivity index is 3.02. The molecule has 1 aliphatic heterocycles. The molecule has 0 spiro atoms. The van der Waals surface area contributed by atoms with Gasteiger partial charge in [0, 0.05) is 0 Å². The number of carbonyl (C=O) groups is 1. The number of piperidine rings is 1. The fourth-order valence-corrected chi connectivity index (χ4v) is 19.3. The van der Waals surface area contributed by atoms with E-state index in [9.17, 15) is 4.79 Å². The summed E-state index contributed by atoms with van der Waals surface area (Å²) in [5.41, 5.74) is 1.22. The molecule has 2 nitrogen and oxygen atoms in total. The molecule has 140 valence electrons. The molecule has 1 fully saturated rings. The molecule has 1 amide bonds. The third-order valence-corrected chi connectivity index (χ3v) is 19.8. The van der Waals surface area contributed by atoms with Crippen LogP contribution in [0.15, 0.2) is 9.67 Å². The van der Waals surface area contributed by atoms with Gasteiger partial charge in [0.2, 0.25) is 0 Å². The number of unbranched alkanes of at least 4 members (excludes halogenated alkanes) is 3. The predicted octanol–water partition coefficient (Wildman–Crippen LogP) is 6.33. The first-order valence-electron chi connectivity index (χ1n) is 10.6. The molecule has 0 aromatic rings. The van der Waals surface area contributed by atoms with Gasteiger partial charge < -0.3 is 0 Å². The van der Waals surface area contributed by atoms with Crippen molar-refractivity contribution in [1.82, 2.24) is 4.90 Å². The molecule has 1 heterocycles. The van der Waals surface area contributed by atoms with E-state index in [1.165, 1.54) is 63.8 Å². The summed E-state index contributed by atoms with van der Waals surface area (Å²) in [6.07, 6.45) is 11.3. The Bertz CT molecular complexity index is 368. The van der Waals surface area contributed by atoms with Gasteiger partial charge in [-0.3, -0.25) is 0 Å². The number of hydrogen-bond acceptors (Lipinski definition) is 1. The maximum atomic E-state index is 12.9. The number of carbonyl (C=O) groups excluding carboxylic acids is 1. The normalized spacial score (nSPS) is 17.8. The standard InChI is InChI=1S/C9H14NO.3C4H9.Sn/c1-3-6-10-7-4-5-8(2)9(10)11;3*1-3-4-2;/h2H,3-7H2,1H3;3*1,3-4H2,2H3;. The molecular weight excluding hydrogens is 401 g/mol. The van der Waals surface area contributed by atoms with E-state index in [2.05, 4.69) is 36.7 Å². The Morgan fingerprint density at radius 2 is 1.46 bits per heavy atom. The number of likely N-dealkylation sites (tertiary alicyclic amines) is 1. The molecule has 0 saturated carbocycles. The van der Waals surface area contributed by atoms with E-state index in [0.717, 1.165) is 25.9 Å². The van der Waals surface area contributed by atoms with Crippen LogP contribution in [-0.4, -0.2) is 42.3 Å². The molecule has 0 aromatic heterocycles. The second-order valence-electron chi connectivity index (χ2n) is 7.74. The third-order valence-electron chi connectivity index (χ3n) is 5.49. The van der Waals surface area contributed by atoms with Crippen LogP contribution in [0.25, 0.3) is 0 Å². The zero-order chi connectivity index (χ0) is 17.8. The zero-order valence-corrected chi connectivity index (χ0v) is 19.7. The van der Waals surface area contributed by atoms with Gasteiger partial charge in [-0.2, -0.15) is 0 Å². The van der Waals surface area contributed by atoms with E-state index in [1.54, 1.807) is 0 Å². The van der Waals surface area contributed by atoms with E-state index in [4.69, 9.17) is 0 Å². The van der Waals surface area contributed by atoms with Gasteiger partial charge in [0.25, 0.3) is 0 Å². The first-order chi connectivity index (χ1) is 11.6. The summed E-state index contributed by atoms with van der Waals surface area (Å²) in [5, 5.41) is 0. The van der Waals surface area contributed by atoms with Gasteiger partial charge in [0.15, 0.2) is 0 Å². The first-order valence-corrected chi connectivity index (χ1v) is 18.3.